The van der Waals surface area contributed by atoms with E-state index in [0.717, 1.165) is 123 Å². The lowest BCUT2D eigenvalue weighted by molar-refractivity contribution is 1.07. The third-order valence-corrected chi connectivity index (χ3v) is 15.6. The first kappa shape index (κ1) is 49.3. The third kappa shape index (κ3) is 8.23. The Kier molecular flexibility index (Phi) is 12.4. The summed E-state index contributed by atoms with van der Waals surface area (Å²) < 4.78 is 8.63. The molecule has 0 saturated heterocycles. The van der Waals surface area contributed by atoms with Crippen molar-refractivity contribution in [2.75, 3.05) is 0 Å². The smallest absolute Gasteiger partial charge is 0.223 e. The Bertz CT molecular complexity index is 4710. The molecule has 0 aliphatic heterocycles. The standard InChI is InChI=1S/C74H54N8/c1-5-59-64(47-49(2)50(3)76-72-71(75-4)82-61-44-25-24-43-60(61)78-74(82)80(72)57-40-22-11-23-41-57)81-63-46-27-26-45-62(63)79(73(81)77-59)58-42-28-39-56(48-58)70-68(54-35-18-9-19-36-54)66(52-31-14-7-15-32-52)65(51-29-12-6-13-30-51)67(53-33-16-8-17-34-53)69(70)55-37-20-10-21-38-55/h5-48H,1,4H2,2-3H3/b49-47+,76-50?. The average Bonchev–Trinajstić information content (AvgIpc) is 1.91. The van der Waals surface area contributed by atoms with E-state index in [2.05, 4.69) is 263 Å². The van der Waals surface area contributed by atoms with Crippen molar-refractivity contribution >= 4 is 69.8 Å². The SMILES string of the molecule is C=Cc1nc2n(-c3cccc(-c4c(-c5ccccc5)c(-c5ccccc5)c(-c5ccccc5)c(-c5ccccc5)c4-c4ccccc4)c3)c3ccccc3n2c1/C=C(\C)C(C)=Nc1c(N=C)n2c3ccccc3nc2n1-c1ccccc1. The molecule has 0 aliphatic rings. The predicted molar refractivity (Wildman–Crippen MR) is 342 cm³/mol. The van der Waals surface area contributed by atoms with Crippen LogP contribution < -0.4 is 0 Å². The third-order valence-electron chi connectivity index (χ3n) is 15.6. The lowest BCUT2D eigenvalue weighted by atomic mass is 9.74. The molecule has 0 fully saturated rings. The van der Waals surface area contributed by atoms with Crippen molar-refractivity contribution in [1.82, 2.24) is 27.9 Å². The molecule has 8 heteroatoms. The van der Waals surface area contributed by atoms with Gasteiger partial charge < -0.3 is 0 Å². The quantitative estimate of drug-likeness (QED) is 0.108. The number of aromatic nitrogens is 6. The molecule has 4 aromatic heterocycles. The van der Waals surface area contributed by atoms with Gasteiger partial charge in [-0.3, -0.25) is 17.9 Å². The second-order valence-corrected chi connectivity index (χ2v) is 20.4. The van der Waals surface area contributed by atoms with Gasteiger partial charge in [0, 0.05) is 11.4 Å². The van der Waals surface area contributed by atoms with Crippen LogP contribution in [0.1, 0.15) is 25.2 Å². The minimum atomic E-state index is 0.607. The van der Waals surface area contributed by atoms with Gasteiger partial charge in [-0.1, -0.05) is 213 Å². The van der Waals surface area contributed by atoms with E-state index in [1.807, 2.05) is 53.8 Å². The van der Waals surface area contributed by atoms with Crippen molar-refractivity contribution in [2.45, 2.75) is 13.8 Å². The van der Waals surface area contributed by atoms with Crippen LogP contribution in [0.5, 0.6) is 0 Å². The highest BCUT2D eigenvalue weighted by atomic mass is 15.3. The number of para-hydroxylation sites is 5. The van der Waals surface area contributed by atoms with Crippen LogP contribution in [0.15, 0.2) is 277 Å². The summed E-state index contributed by atoms with van der Waals surface area (Å²) >= 11 is 0. The van der Waals surface area contributed by atoms with Crippen LogP contribution >= 0.6 is 0 Å². The Morgan fingerprint density at radius 1 is 0.402 bits per heavy atom. The maximum absolute atomic E-state index is 5.44. The number of imidazole rings is 4. The van der Waals surface area contributed by atoms with Crippen molar-refractivity contribution in [2.24, 2.45) is 9.98 Å². The lowest BCUT2D eigenvalue weighted by Crippen LogP contribution is -2.02. The molecule has 390 valence electrons. The fraction of sp³-hybridized carbons (Fsp3) is 0.0270. The summed E-state index contributed by atoms with van der Waals surface area (Å²) in [6.45, 7) is 12.5. The van der Waals surface area contributed by atoms with Crippen molar-refractivity contribution in [1.29, 1.82) is 0 Å². The Hall–Kier alpha value is -11.0. The molecule has 0 radical (unpaired) electrons. The van der Waals surface area contributed by atoms with Crippen molar-refractivity contribution < 1.29 is 0 Å². The molecule has 8 nitrogen and oxygen atoms in total. The highest BCUT2D eigenvalue weighted by Crippen LogP contribution is 2.56. The average molecular weight is 1060 g/mol. The molecular formula is C74H54N8. The van der Waals surface area contributed by atoms with E-state index in [0.29, 0.717) is 17.4 Å². The second-order valence-electron chi connectivity index (χ2n) is 20.4. The van der Waals surface area contributed by atoms with Gasteiger partial charge in [0.25, 0.3) is 0 Å². The Morgan fingerprint density at radius 3 is 1.32 bits per heavy atom. The van der Waals surface area contributed by atoms with Gasteiger partial charge >= 0.3 is 0 Å². The zero-order chi connectivity index (χ0) is 55.3. The molecule has 0 amide bonds. The monoisotopic (exact) mass is 1050 g/mol. The summed E-state index contributed by atoms with van der Waals surface area (Å²) in [7, 11) is 0. The van der Waals surface area contributed by atoms with E-state index >= 15 is 0 Å². The number of fused-ring (bicyclic) bond motifs is 6. The van der Waals surface area contributed by atoms with Crippen molar-refractivity contribution in [3.8, 4) is 78.1 Å². The molecule has 0 N–H and O–H groups in total. The van der Waals surface area contributed by atoms with Crippen LogP contribution in [0.4, 0.5) is 11.6 Å². The molecular weight excluding hydrogens is 1000 g/mol. The van der Waals surface area contributed by atoms with Gasteiger partial charge in [-0.25, -0.2) is 20.0 Å². The molecule has 10 aromatic carbocycles. The number of allylic oxidation sites excluding steroid dienone is 1. The van der Waals surface area contributed by atoms with E-state index in [1.54, 1.807) is 0 Å². The molecule has 0 aliphatic carbocycles. The second kappa shape index (κ2) is 20.7. The van der Waals surface area contributed by atoms with E-state index in [9.17, 15) is 0 Å². The van der Waals surface area contributed by atoms with Gasteiger partial charge in [-0.15, -0.1) is 0 Å². The molecule has 0 atom stereocenters. The lowest BCUT2D eigenvalue weighted by Gasteiger charge is -2.29. The number of rotatable bonds is 13. The molecule has 0 saturated carbocycles. The summed E-state index contributed by atoms with van der Waals surface area (Å²) in [5.74, 6) is 2.70. The molecule has 14 aromatic rings. The van der Waals surface area contributed by atoms with Crippen LogP contribution in [0.25, 0.3) is 124 Å². The molecule has 4 heterocycles. The van der Waals surface area contributed by atoms with Crippen LogP contribution in [0.3, 0.4) is 0 Å². The summed E-state index contributed by atoms with van der Waals surface area (Å²) in [5.41, 5.74) is 22.7. The van der Waals surface area contributed by atoms with Crippen LogP contribution in [-0.4, -0.2) is 40.3 Å². The molecule has 14 rings (SSSR count). The summed E-state index contributed by atoms with van der Waals surface area (Å²) in [4.78, 5) is 20.5. The van der Waals surface area contributed by atoms with Gasteiger partial charge in [0.2, 0.25) is 11.6 Å². The van der Waals surface area contributed by atoms with E-state index < -0.39 is 0 Å². The number of benzene rings is 10. The van der Waals surface area contributed by atoms with E-state index in [4.69, 9.17) is 15.0 Å². The topological polar surface area (TPSA) is 69.2 Å². The fourth-order valence-electron chi connectivity index (χ4n) is 11.9. The van der Waals surface area contributed by atoms with E-state index in [-0.39, 0.29) is 0 Å². The molecule has 82 heavy (non-hydrogen) atoms. The summed E-state index contributed by atoms with van der Waals surface area (Å²) in [6, 6.07) is 90.3. The fourth-order valence-corrected chi connectivity index (χ4v) is 11.9. The van der Waals surface area contributed by atoms with Crippen LogP contribution in [0.2, 0.25) is 0 Å². The maximum atomic E-state index is 5.44. The van der Waals surface area contributed by atoms with Crippen molar-refractivity contribution in [3.05, 3.63) is 278 Å². The minimum Gasteiger partial charge on any atom is -0.278 e. The number of hydrogen-bond donors (Lipinski definition) is 0. The number of aliphatic imine (C=N–C) groups is 2. The molecule has 0 spiro atoms. The molecule has 0 bridgehead atoms. The summed E-state index contributed by atoms with van der Waals surface area (Å²) in [6.07, 6.45) is 4.01. The van der Waals surface area contributed by atoms with Crippen LogP contribution in [0, 0.1) is 0 Å². The molecule has 0 unspecified atom stereocenters. The highest BCUT2D eigenvalue weighted by Gasteiger charge is 2.30. The van der Waals surface area contributed by atoms with E-state index in [1.165, 1.54) is 5.56 Å². The van der Waals surface area contributed by atoms with Crippen LogP contribution in [-0.2, 0) is 0 Å². The Morgan fingerprint density at radius 2 is 0.817 bits per heavy atom. The van der Waals surface area contributed by atoms with Gasteiger partial charge in [0.05, 0.1) is 39.1 Å². The minimum absolute atomic E-state index is 0.607. The Labute approximate surface area is 475 Å². The van der Waals surface area contributed by atoms with Gasteiger partial charge in [-0.2, -0.15) is 0 Å². The zero-order valence-electron chi connectivity index (χ0n) is 45.4. The number of hydrogen-bond acceptors (Lipinski definition) is 4. The number of nitrogens with zero attached hydrogens (tertiary/aromatic N) is 8. The van der Waals surface area contributed by atoms with Gasteiger partial charge in [0.1, 0.15) is 0 Å². The maximum Gasteiger partial charge on any atom is 0.223 e. The Balaban J connectivity index is 1.01. The zero-order valence-corrected chi connectivity index (χ0v) is 45.4. The first-order valence-corrected chi connectivity index (χ1v) is 27.5. The normalized spacial score (nSPS) is 12.0. The van der Waals surface area contributed by atoms with Gasteiger partial charge in [0.15, 0.2) is 11.6 Å². The summed E-state index contributed by atoms with van der Waals surface area (Å²) in [5, 5.41) is 0. The largest absolute Gasteiger partial charge is 0.278 e. The highest BCUT2D eigenvalue weighted by molar-refractivity contribution is 6.15. The predicted octanol–water partition coefficient (Wildman–Crippen LogP) is 19.0. The first-order chi connectivity index (χ1) is 40.5. The first-order valence-electron chi connectivity index (χ1n) is 27.5. The van der Waals surface area contributed by atoms with Gasteiger partial charge in [-0.05, 0) is 154 Å². The van der Waals surface area contributed by atoms with Crippen molar-refractivity contribution in [3.63, 3.8) is 0 Å².